The Balaban J connectivity index is 1.47. The minimum Gasteiger partial charge on any atom is -0.355 e. The number of nitrogens with one attached hydrogen (secondary N) is 2. The van der Waals surface area contributed by atoms with Gasteiger partial charge in [0.05, 0.1) is 6.04 Å². The highest BCUT2D eigenvalue weighted by Crippen LogP contribution is 2.27. The maximum atomic E-state index is 12.6. The Kier molecular flexibility index (Phi) is 4.88. The van der Waals surface area contributed by atoms with Crippen LogP contribution in [0, 0.1) is 0 Å². The first-order chi connectivity index (χ1) is 13.5. The van der Waals surface area contributed by atoms with Crippen LogP contribution in [-0.2, 0) is 11.2 Å². The first kappa shape index (κ1) is 18.3. The maximum Gasteiger partial charge on any atom is 0.273 e. The monoisotopic (exact) mass is 395 g/mol. The third kappa shape index (κ3) is 3.77. The largest absolute Gasteiger partial charge is 0.355 e. The Bertz CT molecular complexity index is 1060. The molecular weight excluding hydrogens is 378 g/mol. The van der Waals surface area contributed by atoms with E-state index in [1.165, 1.54) is 0 Å². The van der Waals surface area contributed by atoms with E-state index in [0.29, 0.717) is 23.6 Å². The molecule has 3 aromatic rings. The first-order valence-corrected chi connectivity index (χ1v) is 9.33. The third-order valence-corrected chi connectivity index (χ3v) is 4.96. The average molecular weight is 396 g/mol. The fourth-order valence-corrected chi connectivity index (χ4v) is 3.38. The van der Waals surface area contributed by atoms with Crippen LogP contribution in [0.2, 0.25) is 5.02 Å². The number of hydrogen-bond acceptors (Lipinski definition) is 4. The summed E-state index contributed by atoms with van der Waals surface area (Å²) in [5.41, 5.74) is 3.82. The highest BCUT2D eigenvalue weighted by atomic mass is 35.5. The lowest BCUT2D eigenvalue weighted by Gasteiger charge is -2.20. The van der Waals surface area contributed by atoms with E-state index in [-0.39, 0.29) is 23.6 Å². The number of halogens is 1. The predicted octanol–water partition coefficient (Wildman–Crippen LogP) is 4.37. The minimum absolute atomic E-state index is 0.0307. The van der Waals surface area contributed by atoms with Gasteiger partial charge in [-0.1, -0.05) is 41.0 Å². The molecule has 2 heterocycles. The van der Waals surface area contributed by atoms with Gasteiger partial charge in [-0.3, -0.25) is 9.59 Å². The van der Waals surface area contributed by atoms with Crippen LogP contribution in [0.3, 0.4) is 0 Å². The molecule has 0 bridgehead atoms. The fraction of sp³-hybridized carbons (Fsp3) is 0.190. The van der Waals surface area contributed by atoms with Gasteiger partial charge >= 0.3 is 0 Å². The molecule has 2 amide bonds. The summed E-state index contributed by atoms with van der Waals surface area (Å²) < 4.78 is 5.29. The molecule has 2 aromatic carbocycles. The van der Waals surface area contributed by atoms with Crippen LogP contribution in [-0.4, -0.2) is 17.0 Å². The fourth-order valence-electron chi connectivity index (χ4n) is 3.19. The molecular formula is C21H18ClN3O3. The van der Waals surface area contributed by atoms with Crippen LogP contribution in [0.5, 0.6) is 0 Å². The molecule has 7 heteroatoms. The molecule has 4 rings (SSSR count). The van der Waals surface area contributed by atoms with Crippen molar-refractivity contribution in [1.29, 1.82) is 0 Å². The predicted molar refractivity (Wildman–Crippen MR) is 106 cm³/mol. The zero-order valence-electron chi connectivity index (χ0n) is 15.2. The smallest absolute Gasteiger partial charge is 0.273 e. The summed E-state index contributed by atoms with van der Waals surface area (Å²) in [4.78, 5) is 24.0. The van der Waals surface area contributed by atoms with Crippen LogP contribution < -0.4 is 10.6 Å². The van der Waals surface area contributed by atoms with Crippen molar-refractivity contribution >= 4 is 29.1 Å². The molecule has 6 nitrogen and oxygen atoms in total. The van der Waals surface area contributed by atoms with Crippen molar-refractivity contribution in [2.24, 2.45) is 0 Å². The van der Waals surface area contributed by atoms with Crippen molar-refractivity contribution in [1.82, 2.24) is 10.5 Å². The summed E-state index contributed by atoms with van der Waals surface area (Å²) in [6.45, 7) is 1.90. The van der Waals surface area contributed by atoms with Crippen LogP contribution in [0.25, 0.3) is 11.3 Å². The molecule has 28 heavy (non-hydrogen) atoms. The summed E-state index contributed by atoms with van der Waals surface area (Å²) in [5.74, 6) is 0.184. The highest BCUT2D eigenvalue weighted by molar-refractivity contribution is 6.30. The van der Waals surface area contributed by atoms with Crippen LogP contribution in [0.4, 0.5) is 5.69 Å². The van der Waals surface area contributed by atoms with E-state index in [1.54, 1.807) is 24.3 Å². The minimum atomic E-state index is -0.324. The van der Waals surface area contributed by atoms with Gasteiger partial charge in [-0.25, -0.2) is 0 Å². The highest BCUT2D eigenvalue weighted by Gasteiger charge is 2.19. The molecule has 2 N–H and O–H groups in total. The Hall–Kier alpha value is -3.12. The van der Waals surface area contributed by atoms with Crippen LogP contribution in [0.1, 0.15) is 41.0 Å². The second-order valence-corrected chi connectivity index (χ2v) is 7.18. The second kappa shape index (κ2) is 7.48. The Morgan fingerprint density at radius 1 is 1.21 bits per heavy atom. The zero-order valence-corrected chi connectivity index (χ0v) is 15.9. The molecule has 0 aliphatic carbocycles. The van der Waals surface area contributed by atoms with Gasteiger partial charge in [0.15, 0.2) is 11.5 Å². The SMILES string of the molecule is CC(NC(=O)c1cc(-c2cccc(Cl)c2)on1)c1ccc2c(c1)CCC(=O)N2. The van der Waals surface area contributed by atoms with Gasteiger partial charge in [-0.15, -0.1) is 0 Å². The number of fused-ring (bicyclic) bond motifs is 1. The van der Waals surface area contributed by atoms with Gasteiger partial charge < -0.3 is 15.2 Å². The van der Waals surface area contributed by atoms with Gasteiger partial charge in [0.1, 0.15) is 0 Å². The van der Waals surface area contributed by atoms with Crippen molar-refractivity contribution in [2.45, 2.75) is 25.8 Å². The van der Waals surface area contributed by atoms with E-state index in [9.17, 15) is 9.59 Å². The summed E-state index contributed by atoms with van der Waals surface area (Å²) in [6.07, 6.45) is 1.17. The molecule has 1 aliphatic rings. The van der Waals surface area contributed by atoms with Crippen molar-refractivity contribution in [3.63, 3.8) is 0 Å². The van der Waals surface area contributed by atoms with Crippen LogP contribution >= 0.6 is 11.6 Å². The normalized spacial score (nSPS) is 14.1. The molecule has 0 saturated carbocycles. The number of carbonyl (C=O) groups is 2. The number of anilines is 1. The Labute approximate surface area is 166 Å². The first-order valence-electron chi connectivity index (χ1n) is 8.96. The quantitative estimate of drug-likeness (QED) is 0.687. The Morgan fingerprint density at radius 3 is 2.89 bits per heavy atom. The van der Waals surface area contributed by atoms with E-state index in [4.69, 9.17) is 16.1 Å². The number of carbonyl (C=O) groups excluding carboxylic acids is 2. The molecule has 1 atom stereocenters. The Morgan fingerprint density at radius 2 is 2.07 bits per heavy atom. The number of aryl methyl sites for hydroxylation is 1. The molecule has 1 aromatic heterocycles. The molecule has 142 valence electrons. The summed E-state index contributed by atoms with van der Waals surface area (Å²) in [7, 11) is 0. The number of amides is 2. The van der Waals surface area contributed by atoms with E-state index in [1.807, 2.05) is 31.2 Å². The van der Waals surface area contributed by atoms with Crippen molar-refractivity contribution in [3.8, 4) is 11.3 Å². The molecule has 1 unspecified atom stereocenters. The van der Waals surface area contributed by atoms with Crippen LogP contribution in [0.15, 0.2) is 53.1 Å². The lowest BCUT2D eigenvalue weighted by atomic mass is 9.98. The third-order valence-electron chi connectivity index (χ3n) is 4.72. The lowest BCUT2D eigenvalue weighted by Crippen LogP contribution is -2.27. The summed E-state index contributed by atoms with van der Waals surface area (Å²) >= 11 is 5.99. The summed E-state index contributed by atoms with van der Waals surface area (Å²) in [5, 5.41) is 10.2. The molecule has 0 fully saturated rings. The molecule has 1 aliphatic heterocycles. The molecule has 0 saturated heterocycles. The average Bonchev–Trinajstić information content (AvgIpc) is 3.18. The summed E-state index contributed by atoms with van der Waals surface area (Å²) in [6, 6.07) is 14.3. The van der Waals surface area contributed by atoms with E-state index in [2.05, 4.69) is 15.8 Å². The standard InChI is InChI=1S/C21H18ClN3O3/c1-12(13-5-7-17-14(9-13)6-8-20(26)24-17)23-21(27)18-11-19(28-25-18)15-3-2-4-16(22)10-15/h2-5,7,9-12H,6,8H2,1H3,(H,23,27)(H,24,26). The zero-order chi connectivity index (χ0) is 19.7. The molecule has 0 spiro atoms. The van der Waals surface area contributed by atoms with Crippen molar-refractivity contribution in [3.05, 3.63) is 70.4 Å². The van der Waals surface area contributed by atoms with Gasteiger partial charge in [0, 0.05) is 28.8 Å². The topological polar surface area (TPSA) is 84.2 Å². The number of aromatic nitrogens is 1. The van der Waals surface area contributed by atoms with E-state index < -0.39 is 0 Å². The van der Waals surface area contributed by atoms with E-state index >= 15 is 0 Å². The van der Waals surface area contributed by atoms with Gasteiger partial charge in [-0.05, 0) is 42.7 Å². The number of benzene rings is 2. The number of nitrogens with zero attached hydrogens (tertiary/aromatic N) is 1. The second-order valence-electron chi connectivity index (χ2n) is 6.75. The van der Waals surface area contributed by atoms with Gasteiger partial charge in [0.25, 0.3) is 5.91 Å². The number of rotatable bonds is 4. The number of hydrogen-bond donors (Lipinski definition) is 2. The van der Waals surface area contributed by atoms with E-state index in [0.717, 1.165) is 22.4 Å². The van der Waals surface area contributed by atoms with Gasteiger partial charge in [-0.2, -0.15) is 0 Å². The molecule has 0 radical (unpaired) electrons. The van der Waals surface area contributed by atoms with Crippen molar-refractivity contribution < 1.29 is 14.1 Å². The maximum absolute atomic E-state index is 12.6. The van der Waals surface area contributed by atoms with Gasteiger partial charge in [0.2, 0.25) is 5.91 Å². The van der Waals surface area contributed by atoms with Crippen molar-refractivity contribution in [2.75, 3.05) is 5.32 Å². The lowest BCUT2D eigenvalue weighted by molar-refractivity contribution is -0.116.